The van der Waals surface area contributed by atoms with Gasteiger partial charge in [0.15, 0.2) is 0 Å². The lowest BCUT2D eigenvalue weighted by Crippen LogP contribution is -2.11. The van der Waals surface area contributed by atoms with E-state index < -0.39 is 0 Å². The minimum atomic E-state index is -0.00463. The van der Waals surface area contributed by atoms with Crippen LogP contribution in [0.25, 0.3) is 0 Å². The Morgan fingerprint density at radius 2 is 2.35 bits per heavy atom. The minimum absolute atomic E-state index is 0.00463. The summed E-state index contributed by atoms with van der Waals surface area (Å²) in [6.07, 6.45) is 2.11. The molecule has 0 aliphatic heterocycles. The monoisotopic (exact) mass is 267 g/mol. The Bertz CT molecular complexity index is 479. The fourth-order valence-electron chi connectivity index (χ4n) is 1.32. The van der Waals surface area contributed by atoms with Crippen molar-refractivity contribution >= 4 is 33.7 Å². The maximum absolute atomic E-state index is 11.6. The van der Waals surface area contributed by atoms with Crippen LogP contribution in [0, 0.1) is 0 Å². The molecule has 1 amide bonds. The molecule has 0 spiro atoms. The van der Waals surface area contributed by atoms with E-state index in [1.165, 1.54) is 16.9 Å². The second-order valence-corrected chi connectivity index (χ2v) is 5.38. The van der Waals surface area contributed by atoms with E-state index in [9.17, 15) is 4.79 Å². The predicted octanol–water partition coefficient (Wildman–Crippen LogP) is 2.73. The van der Waals surface area contributed by atoms with Gasteiger partial charge in [0.05, 0.1) is 0 Å². The van der Waals surface area contributed by atoms with Gasteiger partial charge >= 0.3 is 0 Å². The van der Waals surface area contributed by atoms with Gasteiger partial charge in [-0.1, -0.05) is 18.3 Å². The average Bonchev–Trinajstić information content (AvgIpc) is 2.97. The smallest absolute Gasteiger partial charge is 0.226 e. The Kier molecular flexibility index (Phi) is 4.22. The van der Waals surface area contributed by atoms with E-state index >= 15 is 0 Å². The lowest BCUT2D eigenvalue weighted by atomic mass is 10.2. The van der Waals surface area contributed by atoms with Crippen LogP contribution in [0.1, 0.15) is 23.9 Å². The van der Waals surface area contributed by atoms with Crippen molar-refractivity contribution in [2.75, 3.05) is 5.32 Å². The van der Waals surface area contributed by atoms with Gasteiger partial charge < -0.3 is 5.32 Å². The largest absolute Gasteiger partial charge is 0.301 e. The molecule has 2 aromatic rings. The molecule has 0 unspecified atom stereocenters. The van der Waals surface area contributed by atoms with Gasteiger partial charge in [0, 0.05) is 6.42 Å². The van der Waals surface area contributed by atoms with Gasteiger partial charge in [-0.15, -0.1) is 10.2 Å². The summed E-state index contributed by atoms with van der Waals surface area (Å²) in [5.41, 5.74) is 1.21. The summed E-state index contributed by atoms with van der Waals surface area (Å²) in [5.74, 6) is -0.00463. The predicted molar refractivity (Wildman–Crippen MR) is 70.6 cm³/mol. The van der Waals surface area contributed by atoms with E-state index in [1.807, 2.05) is 18.4 Å². The van der Waals surface area contributed by atoms with Gasteiger partial charge in [0.25, 0.3) is 0 Å². The van der Waals surface area contributed by atoms with Crippen LogP contribution in [-0.4, -0.2) is 16.1 Å². The molecule has 1 N–H and O–H groups in total. The van der Waals surface area contributed by atoms with Gasteiger partial charge in [0.2, 0.25) is 11.0 Å². The number of aromatic nitrogens is 2. The molecule has 0 fully saturated rings. The summed E-state index contributed by atoms with van der Waals surface area (Å²) in [6, 6.07) is 2.04. The third kappa shape index (κ3) is 3.61. The lowest BCUT2D eigenvalue weighted by Gasteiger charge is -1.99. The lowest BCUT2D eigenvalue weighted by molar-refractivity contribution is -0.116. The number of nitrogens with zero attached hydrogens (tertiary/aromatic N) is 2. The zero-order chi connectivity index (χ0) is 12.1. The number of hydrogen-bond acceptors (Lipinski definition) is 5. The third-order valence-corrected chi connectivity index (χ3v) is 3.95. The Morgan fingerprint density at radius 3 is 3.00 bits per heavy atom. The maximum atomic E-state index is 11.6. The van der Waals surface area contributed by atoms with Gasteiger partial charge in [-0.05, 0) is 35.2 Å². The molecule has 0 aliphatic carbocycles. The fraction of sp³-hybridized carbons (Fsp3) is 0.364. The van der Waals surface area contributed by atoms with Crippen molar-refractivity contribution < 1.29 is 4.79 Å². The van der Waals surface area contributed by atoms with Gasteiger partial charge in [-0.2, -0.15) is 11.3 Å². The maximum Gasteiger partial charge on any atom is 0.226 e. The minimum Gasteiger partial charge on any atom is -0.301 e. The Morgan fingerprint density at radius 1 is 1.47 bits per heavy atom. The van der Waals surface area contributed by atoms with Crippen LogP contribution in [-0.2, 0) is 17.6 Å². The van der Waals surface area contributed by atoms with Crippen LogP contribution >= 0.6 is 22.7 Å². The molecule has 0 aromatic carbocycles. The Hall–Kier alpha value is -1.27. The number of aryl methyl sites for hydroxylation is 2. The summed E-state index contributed by atoms with van der Waals surface area (Å²) in [5, 5.41) is 16.3. The van der Waals surface area contributed by atoms with Gasteiger partial charge in [-0.3, -0.25) is 4.79 Å². The van der Waals surface area contributed by atoms with Crippen molar-refractivity contribution in [3.63, 3.8) is 0 Å². The number of rotatable bonds is 5. The highest BCUT2D eigenvalue weighted by Gasteiger charge is 2.07. The molecule has 2 aromatic heterocycles. The van der Waals surface area contributed by atoms with Crippen LogP contribution in [0.2, 0.25) is 0 Å². The van der Waals surface area contributed by atoms with Crippen molar-refractivity contribution in [3.05, 3.63) is 27.4 Å². The molecule has 0 radical (unpaired) electrons. The topological polar surface area (TPSA) is 54.9 Å². The summed E-state index contributed by atoms with van der Waals surface area (Å²) >= 11 is 3.08. The first kappa shape index (κ1) is 12.2. The number of carbonyl (C=O) groups is 1. The molecule has 2 rings (SSSR count). The van der Waals surface area contributed by atoms with Crippen LogP contribution < -0.4 is 5.32 Å². The van der Waals surface area contributed by atoms with Crippen LogP contribution in [0.15, 0.2) is 16.8 Å². The van der Waals surface area contributed by atoms with Crippen molar-refractivity contribution in [1.29, 1.82) is 0 Å². The number of amides is 1. The number of hydrogen-bond donors (Lipinski definition) is 1. The molecule has 4 nitrogen and oxygen atoms in total. The zero-order valence-corrected chi connectivity index (χ0v) is 11.1. The first-order valence-electron chi connectivity index (χ1n) is 5.41. The van der Waals surface area contributed by atoms with Crippen LogP contribution in [0.5, 0.6) is 0 Å². The number of carbonyl (C=O) groups excluding carboxylic acids is 1. The molecule has 90 valence electrons. The number of anilines is 1. The molecule has 0 bridgehead atoms. The Labute approximate surface area is 108 Å². The molecule has 0 saturated heterocycles. The summed E-state index contributed by atoms with van der Waals surface area (Å²) < 4.78 is 0. The normalized spacial score (nSPS) is 10.4. The van der Waals surface area contributed by atoms with Crippen molar-refractivity contribution in [2.45, 2.75) is 26.2 Å². The SMILES string of the molecule is CCc1nnc(NC(=O)CCc2ccsc2)s1. The van der Waals surface area contributed by atoms with E-state index in [1.54, 1.807) is 11.3 Å². The fourth-order valence-corrected chi connectivity index (χ4v) is 2.72. The molecule has 0 aliphatic rings. The highest BCUT2D eigenvalue weighted by molar-refractivity contribution is 7.15. The molecule has 17 heavy (non-hydrogen) atoms. The molecular formula is C11H13N3OS2. The van der Waals surface area contributed by atoms with E-state index in [2.05, 4.69) is 20.9 Å². The third-order valence-electron chi connectivity index (χ3n) is 2.24. The van der Waals surface area contributed by atoms with Gasteiger partial charge in [-0.25, -0.2) is 0 Å². The highest BCUT2D eigenvalue weighted by atomic mass is 32.1. The van der Waals surface area contributed by atoms with E-state index in [0.29, 0.717) is 11.6 Å². The molecule has 2 heterocycles. The second kappa shape index (κ2) is 5.88. The highest BCUT2D eigenvalue weighted by Crippen LogP contribution is 2.16. The van der Waals surface area contributed by atoms with Gasteiger partial charge in [0.1, 0.15) is 5.01 Å². The zero-order valence-electron chi connectivity index (χ0n) is 9.47. The standard InChI is InChI=1S/C11H13N3OS2/c1-2-10-13-14-11(17-10)12-9(15)4-3-8-5-6-16-7-8/h5-7H,2-4H2,1H3,(H,12,14,15). The average molecular weight is 267 g/mol. The second-order valence-electron chi connectivity index (χ2n) is 3.53. The first-order valence-corrected chi connectivity index (χ1v) is 7.17. The van der Waals surface area contributed by atoms with E-state index in [4.69, 9.17) is 0 Å². The van der Waals surface area contributed by atoms with E-state index in [0.717, 1.165) is 17.8 Å². The molecule has 0 atom stereocenters. The van der Waals surface area contributed by atoms with Crippen LogP contribution in [0.4, 0.5) is 5.13 Å². The van der Waals surface area contributed by atoms with E-state index in [-0.39, 0.29) is 5.91 Å². The molecule has 0 saturated carbocycles. The Balaban J connectivity index is 1.81. The molecular weight excluding hydrogens is 254 g/mol. The summed E-state index contributed by atoms with van der Waals surface area (Å²) in [7, 11) is 0. The van der Waals surface area contributed by atoms with Crippen LogP contribution in [0.3, 0.4) is 0 Å². The van der Waals surface area contributed by atoms with Crippen molar-refractivity contribution in [2.24, 2.45) is 0 Å². The quantitative estimate of drug-likeness (QED) is 0.906. The number of nitrogens with one attached hydrogen (secondary N) is 1. The van der Waals surface area contributed by atoms with Crippen molar-refractivity contribution in [3.8, 4) is 0 Å². The van der Waals surface area contributed by atoms with Crippen molar-refractivity contribution in [1.82, 2.24) is 10.2 Å². The number of thiophene rings is 1. The summed E-state index contributed by atoms with van der Waals surface area (Å²) in [4.78, 5) is 11.6. The first-order chi connectivity index (χ1) is 8.28. The molecule has 6 heteroatoms. The summed E-state index contributed by atoms with van der Waals surface area (Å²) in [6.45, 7) is 2.02.